The predicted molar refractivity (Wildman–Crippen MR) is 327 cm³/mol. The van der Waals surface area contributed by atoms with E-state index < -0.39 is 157 Å². The molecule has 27 nitrogen and oxygen atoms in total. The van der Waals surface area contributed by atoms with Crippen LogP contribution in [0.1, 0.15) is 112 Å². The van der Waals surface area contributed by atoms with Gasteiger partial charge in [-0.2, -0.15) is 0 Å². The van der Waals surface area contributed by atoms with E-state index in [0.717, 1.165) is 9.80 Å². The summed E-state index contributed by atoms with van der Waals surface area (Å²) >= 11 is 0. The maximum absolute atomic E-state index is 15.1. The monoisotopic (exact) mass is 1240 g/mol. The number of fused-ring (bicyclic) bond motifs is 6. The fourth-order valence-corrected chi connectivity index (χ4v) is 12.6. The van der Waals surface area contributed by atoms with Gasteiger partial charge in [0.15, 0.2) is 11.4 Å². The van der Waals surface area contributed by atoms with Gasteiger partial charge in [-0.05, 0) is 115 Å². The SMILES string of the molecule is C=C1[C@@H](NC(=O)c2nc3ccccc3cc2O)[C@@H](C)NC(=O)[C@H]2CCCCN2C(=O)CN(C)C(=O)CNC(=O)[C@H]2CCCCN2C(=O)[C@@H](NC(=O)c2nc3ccccc3cc2O)[C@@H](C)NC(=O)[C@H]2CCCCN2C(=O)CN(C)C(=O)CNC(=O)[C@H]2CCCCN12. The minimum Gasteiger partial charge on any atom is -0.505 e. The Labute approximate surface area is 520 Å². The highest BCUT2D eigenvalue weighted by Gasteiger charge is 2.43. The molecule has 90 heavy (non-hydrogen) atoms. The molecule has 480 valence electrons. The average Bonchev–Trinajstić information content (AvgIpc) is 1.21. The highest BCUT2D eigenvalue weighted by atomic mass is 16.3. The van der Waals surface area contributed by atoms with E-state index in [1.165, 1.54) is 47.9 Å². The number of benzene rings is 2. The lowest BCUT2D eigenvalue weighted by Crippen LogP contribution is -2.64. The van der Waals surface area contributed by atoms with Crippen molar-refractivity contribution in [1.29, 1.82) is 0 Å². The first-order valence-electron chi connectivity index (χ1n) is 30.9. The van der Waals surface area contributed by atoms with Crippen molar-refractivity contribution in [2.45, 2.75) is 139 Å². The molecule has 8 N–H and O–H groups in total. The number of aromatic nitrogens is 2. The lowest BCUT2D eigenvalue weighted by atomic mass is 9.96. The second-order valence-electron chi connectivity index (χ2n) is 24.0. The van der Waals surface area contributed by atoms with Crippen molar-refractivity contribution in [1.82, 2.24) is 71.3 Å². The van der Waals surface area contributed by atoms with Gasteiger partial charge in [0.05, 0.1) is 55.3 Å². The third kappa shape index (κ3) is 14.8. The first-order chi connectivity index (χ1) is 43.1. The number of nitrogens with zero attached hydrogens (tertiary/aromatic N) is 8. The topological polar surface area (TPSA) is 346 Å². The van der Waals surface area contributed by atoms with Crippen LogP contribution in [-0.4, -0.2) is 229 Å². The molecular formula is C63H80N14O13. The van der Waals surface area contributed by atoms with Crippen molar-refractivity contribution < 1.29 is 63.0 Å². The lowest BCUT2D eigenvalue weighted by Gasteiger charge is -2.42. The highest BCUT2D eigenvalue weighted by molar-refractivity contribution is 6.02. The largest absolute Gasteiger partial charge is 0.505 e. The molecule has 27 heteroatoms. The van der Waals surface area contributed by atoms with E-state index in [2.05, 4.69) is 48.4 Å². The zero-order valence-corrected chi connectivity index (χ0v) is 51.2. The van der Waals surface area contributed by atoms with Crippen LogP contribution in [0.25, 0.3) is 21.8 Å². The van der Waals surface area contributed by atoms with E-state index in [-0.39, 0.29) is 56.8 Å². The Morgan fingerprint density at radius 2 is 0.867 bits per heavy atom. The molecule has 0 aliphatic carbocycles. The molecule has 0 saturated carbocycles. The Kier molecular flexibility index (Phi) is 20.8. The van der Waals surface area contributed by atoms with Crippen molar-refractivity contribution in [2.24, 2.45) is 0 Å². The van der Waals surface area contributed by atoms with Crippen molar-refractivity contribution in [2.75, 3.05) is 66.5 Å². The maximum atomic E-state index is 15.1. The zero-order valence-electron chi connectivity index (χ0n) is 51.2. The molecule has 0 unspecified atom stereocenters. The number of pyridine rings is 2. The summed E-state index contributed by atoms with van der Waals surface area (Å²) < 4.78 is 0. The molecule has 0 radical (unpaired) electrons. The maximum Gasteiger partial charge on any atom is 0.274 e. The summed E-state index contributed by atoms with van der Waals surface area (Å²) in [5.74, 6) is -8.47. The van der Waals surface area contributed by atoms with Crippen LogP contribution in [0.5, 0.6) is 11.5 Å². The van der Waals surface area contributed by atoms with Crippen LogP contribution in [0.3, 0.4) is 0 Å². The van der Waals surface area contributed by atoms with E-state index in [0.29, 0.717) is 79.6 Å². The Balaban J connectivity index is 0.998. The summed E-state index contributed by atoms with van der Waals surface area (Å²) in [6.45, 7) is 5.98. The van der Waals surface area contributed by atoms with Gasteiger partial charge < -0.3 is 71.5 Å². The number of para-hydroxylation sites is 2. The number of likely N-dealkylation sites (N-methyl/N-ethyl adjacent to an activating group) is 2. The van der Waals surface area contributed by atoms with Gasteiger partial charge in [-0.25, -0.2) is 9.97 Å². The summed E-state index contributed by atoms with van der Waals surface area (Å²) in [6.07, 6.45) is 5.23. The van der Waals surface area contributed by atoms with E-state index in [9.17, 15) is 58.2 Å². The molecule has 2 aromatic heterocycles. The molecule has 0 bridgehead atoms. The molecule has 5 saturated heterocycles. The predicted octanol–water partition coefficient (Wildman–Crippen LogP) is 0.775. The van der Waals surface area contributed by atoms with E-state index in [1.807, 2.05) is 0 Å². The van der Waals surface area contributed by atoms with Crippen LogP contribution < -0.4 is 31.9 Å². The molecule has 5 aliphatic rings. The quantitative estimate of drug-likeness (QED) is 0.140. The van der Waals surface area contributed by atoms with Crippen LogP contribution in [0.15, 0.2) is 72.9 Å². The van der Waals surface area contributed by atoms with Gasteiger partial charge in [-0.1, -0.05) is 43.0 Å². The molecule has 7 heterocycles. The first-order valence-corrected chi connectivity index (χ1v) is 30.9. The number of piperidine rings is 4. The normalized spacial score (nSPS) is 25.7. The Morgan fingerprint density at radius 3 is 1.31 bits per heavy atom. The number of hydrogen-bond acceptors (Lipinski definition) is 16. The summed E-state index contributed by atoms with van der Waals surface area (Å²) in [5.41, 5.74) is 0.262. The summed E-state index contributed by atoms with van der Waals surface area (Å²) in [4.78, 5) is 174. The van der Waals surface area contributed by atoms with Crippen LogP contribution in [-0.2, 0) is 43.2 Å². The number of aromatic hydroxyl groups is 2. The molecule has 4 aromatic rings. The number of nitrogens with one attached hydrogen (secondary N) is 6. The van der Waals surface area contributed by atoms with Crippen molar-refractivity contribution >= 4 is 86.8 Å². The average molecular weight is 1240 g/mol. The minimum atomic E-state index is -1.60. The Morgan fingerprint density at radius 1 is 0.500 bits per heavy atom. The highest BCUT2D eigenvalue weighted by Crippen LogP contribution is 2.29. The zero-order chi connectivity index (χ0) is 64.5. The van der Waals surface area contributed by atoms with Gasteiger partial charge in [0, 0.05) is 56.7 Å². The van der Waals surface area contributed by atoms with Crippen LogP contribution in [0.4, 0.5) is 0 Å². The minimum absolute atomic E-state index is 0.0341. The lowest BCUT2D eigenvalue weighted by molar-refractivity contribution is -0.147. The van der Waals surface area contributed by atoms with Crippen LogP contribution in [0, 0.1) is 0 Å². The van der Waals surface area contributed by atoms with E-state index in [1.54, 1.807) is 60.4 Å². The fraction of sp³-hybridized carbons (Fsp3) is 0.508. The number of rotatable bonds is 4. The summed E-state index contributed by atoms with van der Waals surface area (Å²) in [5, 5.41) is 40.0. The van der Waals surface area contributed by atoms with Gasteiger partial charge in [0.2, 0.25) is 53.2 Å². The Bertz CT molecular complexity index is 3250. The second-order valence-corrected chi connectivity index (χ2v) is 24.0. The smallest absolute Gasteiger partial charge is 0.274 e. The van der Waals surface area contributed by atoms with Crippen LogP contribution >= 0.6 is 0 Å². The van der Waals surface area contributed by atoms with E-state index in [4.69, 9.17) is 0 Å². The van der Waals surface area contributed by atoms with Gasteiger partial charge in [-0.15, -0.1) is 0 Å². The number of carbonyl (C=O) groups excluding carboxylic acids is 11. The van der Waals surface area contributed by atoms with Crippen LogP contribution in [0.2, 0.25) is 0 Å². The molecule has 11 amide bonds. The molecule has 5 fully saturated rings. The van der Waals surface area contributed by atoms with Gasteiger partial charge in [0.1, 0.15) is 41.7 Å². The van der Waals surface area contributed by atoms with Gasteiger partial charge in [-0.3, -0.25) is 52.7 Å². The third-order valence-electron chi connectivity index (χ3n) is 17.7. The number of hydrogen-bond donors (Lipinski definition) is 8. The second kappa shape index (κ2) is 28.8. The van der Waals surface area contributed by atoms with Crippen molar-refractivity contribution in [3.63, 3.8) is 0 Å². The van der Waals surface area contributed by atoms with Crippen molar-refractivity contribution in [3.8, 4) is 11.5 Å². The molecule has 9 rings (SSSR count). The number of amides is 11. The molecule has 0 spiro atoms. The standard InChI is InChI=1S/C63H80N14O13/c1-36-53(70-61(88)55-47(78)30-39-18-6-8-20-41(39)68-55)38(3)74-26-14-10-22-43(74)57(84)64-32-49(80)72(4)35-52(83)76-28-16-12-25-46(76)60(87)67-37(2)54(71-62(89)56-48(79)31-40-19-7-9-21-42(40)69-56)63(90)77-29-17-13-23-44(77)58(85)65-33-50(81)73(5)34-51(82)75-27-15-11-24-45(75)59(86)66-36/h6-9,18-21,30-31,36-37,43-46,53-54,78-79H,3,10-17,22-29,32-35H2,1-2,4-5H3,(H,64,84)(H,65,85)(H,66,86)(H,67,87)(H,70,88)(H,71,89)/t36-,37-,43-,44-,45-,46-,53+,54+/m1/s1. The number of carbonyl (C=O) groups is 11. The van der Waals surface area contributed by atoms with E-state index >= 15 is 4.79 Å². The molecule has 5 aliphatic heterocycles. The van der Waals surface area contributed by atoms with Gasteiger partial charge >= 0.3 is 0 Å². The first kappa shape index (κ1) is 65.0. The summed E-state index contributed by atoms with van der Waals surface area (Å²) in [7, 11) is 2.75. The molecular weight excluding hydrogens is 1160 g/mol. The molecule has 8 atom stereocenters. The summed E-state index contributed by atoms with van der Waals surface area (Å²) in [6, 6.07) is 7.17. The fourth-order valence-electron chi connectivity index (χ4n) is 12.6. The van der Waals surface area contributed by atoms with Crippen molar-refractivity contribution in [3.05, 3.63) is 84.3 Å². The Hall–Kier alpha value is -9.43. The third-order valence-corrected chi connectivity index (χ3v) is 17.7. The van der Waals surface area contributed by atoms with Gasteiger partial charge in [0.25, 0.3) is 11.8 Å². The molecule has 2 aromatic carbocycles.